The van der Waals surface area contributed by atoms with E-state index in [9.17, 15) is 19.8 Å². The Hall–Kier alpha value is -1.66. The minimum atomic E-state index is -0.843. The van der Waals surface area contributed by atoms with Crippen molar-refractivity contribution < 1.29 is 24.5 Å². The molecule has 0 radical (unpaired) electrons. The molecule has 0 aliphatic carbocycles. The van der Waals surface area contributed by atoms with Crippen molar-refractivity contribution >= 4 is 11.9 Å². The highest BCUT2D eigenvalue weighted by atomic mass is 16.5. The maximum atomic E-state index is 12.6. The number of hydrogen-bond donors (Lipinski definition) is 3. The summed E-state index contributed by atoms with van der Waals surface area (Å²) in [5.74, 6) is -0.0400. The van der Waals surface area contributed by atoms with Crippen LogP contribution in [-0.4, -0.2) is 47.4 Å². The smallest absolute Gasteiger partial charge is 0.305 e. The molecule has 3 N–H and O–H groups in total. The predicted molar refractivity (Wildman–Crippen MR) is 389 cm³/mol. The monoisotopic (exact) mass is 1240 g/mol. The molecule has 6 nitrogen and oxygen atoms in total. The molecule has 0 spiro atoms. The molecule has 0 aromatic rings. The van der Waals surface area contributed by atoms with Gasteiger partial charge in [-0.25, -0.2) is 0 Å². The van der Waals surface area contributed by atoms with Crippen molar-refractivity contribution in [3.05, 3.63) is 24.3 Å². The van der Waals surface area contributed by atoms with Gasteiger partial charge in [-0.05, 0) is 57.8 Å². The van der Waals surface area contributed by atoms with Gasteiger partial charge in [0.05, 0.1) is 25.4 Å². The fraction of sp³-hybridized carbons (Fsp3) is 0.927. The van der Waals surface area contributed by atoms with Gasteiger partial charge >= 0.3 is 5.97 Å². The van der Waals surface area contributed by atoms with E-state index in [1.165, 1.54) is 392 Å². The molecule has 0 bridgehead atoms. The number of hydrogen-bond acceptors (Lipinski definition) is 5. The van der Waals surface area contributed by atoms with Gasteiger partial charge in [0, 0.05) is 12.8 Å². The molecule has 0 aliphatic rings. The van der Waals surface area contributed by atoms with Crippen LogP contribution in [-0.2, 0) is 14.3 Å². The first kappa shape index (κ1) is 86.3. The second-order valence-corrected chi connectivity index (χ2v) is 28.1. The normalized spacial score (nSPS) is 12.5. The molecule has 1 amide bonds. The number of allylic oxidation sites excluding steroid dienone is 3. The zero-order chi connectivity index (χ0) is 63.5. The van der Waals surface area contributed by atoms with Gasteiger partial charge in [0.25, 0.3) is 0 Å². The van der Waals surface area contributed by atoms with Gasteiger partial charge in [-0.1, -0.05) is 417 Å². The van der Waals surface area contributed by atoms with Crippen LogP contribution in [0.3, 0.4) is 0 Å². The van der Waals surface area contributed by atoms with Crippen molar-refractivity contribution in [2.75, 3.05) is 13.2 Å². The van der Waals surface area contributed by atoms with Crippen LogP contribution in [0.1, 0.15) is 463 Å². The summed E-state index contributed by atoms with van der Waals surface area (Å²) in [5, 5.41) is 23.3. The molecular weight excluding hydrogens is 1080 g/mol. The van der Waals surface area contributed by atoms with Crippen LogP contribution in [0, 0.1) is 0 Å². The SMILES string of the molecule is CCCCCCCCC/C=C\CCCCCCCCCC(=O)OCCCCCCCCCCCCCCCCCCCCCCCCCCCCCCCCCC(=O)NC(CO)C(O)/C=C/CCCCCCCCCCCCCCCCCCCCCC. The van der Waals surface area contributed by atoms with Crippen LogP contribution in [0.15, 0.2) is 24.3 Å². The highest BCUT2D eigenvalue weighted by molar-refractivity contribution is 5.76. The zero-order valence-corrected chi connectivity index (χ0v) is 60.0. The predicted octanol–water partition coefficient (Wildman–Crippen LogP) is 26.8. The number of carbonyl (C=O) groups is 2. The van der Waals surface area contributed by atoms with Crippen LogP contribution in [0.2, 0.25) is 0 Å². The van der Waals surface area contributed by atoms with Crippen LogP contribution < -0.4 is 5.32 Å². The Morgan fingerprint density at radius 3 is 0.807 bits per heavy atom. The summed E-state index contributed by atoms with van der Waals surface area (Å²) in [6.07, 6.45) is 100. The van der Waals surface area contributed by atoms with Crippen molar-refractivity contribution in [3.63, 3.8) is 0 Å². The number of unbranched alkanes of at least 4 members (excludes halogenated alkanes) is 64. The molecule has 0 saturated carbocycles. The molecule has 522 valence electrons. The van der Waals surface area contributed by atoms with E-state index < -0.39 is 12.1 Å². The van der Waals surface area contributed by atoms with Crippen LogP contribution in [0.5, 0.6) is 0 Å². The minimum absolute atomic E-state index is 0.0186. The largest absolute Gasteiger partial charge is 0.466 e. The average molecular weight is 1240 g/mol. The molecular formula is C82H159NO5. The van der Waals surface area contributed by atoms with Crippen LogP contribution in [0.4, 0.5) is 0 Å². The maximum Gasteiger partial charge on any atom is 0.305 e. The summed E-state index contributed by atoms with van der Waals surface area (Å²) in [6, 6.07) is -0.626. The van der Waals surface area contributed by atoms with E-state index in [4.69, 9.17) is 4.74 Å². The topological polar surface area (TPSA) is 95.9 Å². The second-order valence-electron chi connectivity index (χ2n) is 28.1. The van der Waals surface area contributed by atoms with Gasteiger partial charge in [0.2, 0.25) is 5.91 Å². The number of nitrogens with one attached hydrogen (secondary N) is 1. The summed E-state index contributed by atoms with van der Waals surface area (Å²) in [5.41, 5.74) is 0. The molecule has 2 unspecified atom stereocenters. The van der Waals surface area contributed by atoms with E-state index in [1.807, 2.05) is 6.08 Å². The first-order valence-electron chi connectivity index (χ1n) is 40.6. The molecule has 0 fully saturated rings. The standard InChI is InChI=1S/C82H159NO5/c1-3-5-7-9-11-13-15-17-19-21-23-24-36-39-42-46-50-54-58-62-66-70-74-80(85)79(78-84)83-81(86)75-71-67-63-59-55-51-47-43-40-37-34-32-30-28-26-25-27-29-31-33-35-38-41-45-49-53-57-61-65-69-73-77-88-82(87)76-72-68-64-60-56-52-48-44-22-20-18-16-14-12-10-8-6-4-2/h20,22,70,74,79-80,84-85H,3-19,21,23-69,71-73,75-78H2,1-2H3,(H,83,86)/b22-20-,74-70+. The molecule has 6 heteroatoms. The van der Waals surface area contributed by atoms with E-state index in [0.29, 0.717) is 19.4 Å². The van der Waals surface area contributed by atoms with E-state index in [0.717, 1.165) is 44.9 Å². The van der Waals surface area contributed by atoms with Gasteiger partial charge in [-0.2, -0.15) is 0 Å². The van der Waals surface area contributed by atoms with Gasteiger partial charge < -0.3 is 20.3 Å². The Labute approximate surface area is 551 Å². The lowest BCUT2D eigenvalue weighted by molar-refractivity contribution is -0.143. The van der Waals surface area contributed by atoms with E-state index in [2.05, 4.69) is 31.3 Å². The quantitative estimate of drug-likeness (QED) is 0.0320. The first-order chi connectivity index (χ1) is 43.5. The van der Waals surface area contributed by atoms with Gasteiger partial charge in [-0.15, -0.1) is 0 Å². The molecule has 0 rings (SSSR count). The van der Waals surface area contributed by atoms with Crippen LogP contribution in [0.25, 0.3) is 0 Å². The van der Waals surface area contributed by atoms with Crippen molar-refractivity contribution in [2.24, 2.45) is 0 Å². The first-order valence-corrected chi connectivity index (χ1v) is 40.6. The highest BCUT2D eigenvalue weighted by Crippen LogP contribution is 2.20. The molecule has 2 atom stereocenters. The third-order valence-electron chi connectivity index (χ3n) is 19.2. The van der Waals surface area contributed by atoms with Crippen molar-refractivity contribution in [1.82, 2.24) is 5.32 Å². The molecule has 0 heterocycles. The Morgan fingerprint density at radius 1 is 0.307 bits per heavy atom. The van der Waals surface area contributed by atoms with E-state index in [1.54, 1.807) is 6.08 Å². The maximum absolute atomic E-state index is 12.6. The summed E-state index contributed by atoms with van der Waals surface area (Å²) in [4.78, 5) is 24.7. The molecule has 0 aliphatic heterocycles. The number of ether oxygens (including phenoxy) is 1. The van der Waals surface area contributed by atoms with Crippen molar-refractivity contribution in [2.45, 2.75) is 475 Å². The lowest BCUT2D eigenvalue weighted by Gasteiger charge is -2.20. The Balaban J connectivity index is 3.34. The fourth-order valence-corrected chi connectivity index (χ4v) is 13.0. The zero-order valence-electron chi connectivity index (χ0n) is 60.0. The fourth-order valence-electron chi connectivity index (χ4n) is 13.0. The van der Waals surface area contributed by atoms with Gasteiger partial charge in [0.1, 0.15) is 0 Å². The molecule has 0 aromatic carbocycles. The van der Waals surface area contributed by atoms with Crippen molar-refractivity contribution in [3.8, 4) is 0 Å². The number of carbonyl (C=O) groups excluding carboxylic acids is 2. The lowest BCUT2D eigenvalue weighted by atomic mass is 10.0. The van der Waals surface area contributed by atoms with Crippen LogP contribution >= 0.6 is 0 Å². The van der Waals surface area contributed by atoms with E-state index in [-0.39, 0.29) is 18.5 Å². The number of amides is 1. The highest BCUT2D eigenvalue weighted by Gasteiger charge is 2.18. The van der Waals surface area contributed by atoms with Crippen molar-refractivity contribution in [1.29, 1.82) is 0 Å². The third-order valence-corrected chi connectivity index (χ3v) is 19.2. The average Bonchev–Trinajstić information content (AvgIpc) is 3.58. The second kappa shape index (κ2) is 77.8. The Bertz CT molecular complexity index is 1380. The Kier molecular flexibility index (Phi) is 76.3. The summed E-state index contributed by atoms with van der Waals surface area (Å²) >= 11 is 0. The van der Waals surface area contributed by atoms with E-state index >= 15 is 0 Å². The molecule has 88 heavy (non-hydrogen) atoms. The molecule has 0 aromatic heterocycles. The number of rotatable bonds is 77. The minimum Gasteiger partial charge on any atom is -0.466 e. The summed E-state index contributed by atoms with van der Waals surface area (Å²) in [7, 11) is 0. The van der Waals surface area contributed by atoms with Gasteiger partial charge in [-0.3, -0.25) is 9.59 Å². The molecule has 0 saturated heterocycles. The van der Waals surface area contributed by atoms with Gasteiger partial charge in [0.15, 0.2) is 0 Å². The number of esters is 1. The summed E-state index contributed by atoms with van der Waals surface area (Å²) in [6.45, 7) is 4.96. The third kappa shape index (κ3) is 73.4. The lowest BCUT2D eigenvalue weighted by Crippen LogP contribution is -2.45. The number of aliphatic hydroxyl groups is 2. The summed E-state index contributed by atoms with van der Waals surface area (Å²) < 4.78 is 5.51. The number of aliphatic hydroxyl groups excluding tert-OH is 2. The Morgan fingerprint density at radius 2 is 0.534 bits per heavy atom.